The summed E-state index contributed by atoms with van der Waals surface area (Å²) in [6.45, 7) is 2.50. The zero-order valence-corrected chi connectivity index (χ0v) is 15.0. The summed E-state index contributed by atoms with van der Waals surface area (Å²) in [6.07, 6.45) is 6.90. The molecule has 0 spiro atoms. The Balaban J connectivity index is 0.000000355. The molecule has 1 aromatic carbocycles. The number of ether oxygens (including phenoxy) is 1. The first kappa shape index (κ1) is 18.7. The number of nitro benzene ring substituents is 1. The summed E-state index contributed by atoms with van der Waals surface area (Å²) in [5.74, 6) is -0.933. The van der Waals surface area contributed by atoms with Crippen molar-refractivity contribution in [3.63, 3.8) is 0 Å². The van der Waals surface area contributed by atoms with Crippen molar-refractivity contribution in [3.05, 3.63) is 46.3 Å². The molecule has 0 bridgehead atoms. The number of rotatable bonds is 3. The van der Waals surface area contributed by atoms with Gasteiger partial charge in [-0.25, -0.2) is 4.39 Å². The van der Waals surface area contributed by atoms with Gasteiger partial charge in [-0.2, -0.15) is 0 Å². The third-order valence-corrected chi connectivity index (χ3v) is 4.63. The third kappa shape index (κ3) is 4.95. The smallest absolute Gasteiger partial charge is 0.272 e. The Bertz CT molecular complexity index is 644. The highest BCUT2D eigenvalue weighted by molar-refractivity contribution is 14.1. The average Bonchev–Trinajstić information content (AvgIpc) is 3.12. The first-order valence-electron chi connectivity index (χ1n) is 7.41. The van der Waals surface area contributed by atoms with E-state index in [2.05, 4.69) is 10.3 Å². The second-order valence-corrected chi connectivity index (χ2v) is 6.92. The lowest BCUT2D eigenvalue weighted by atomic mass is 10.2. The lowest BCUT2D eigenvalue weighted by Crippen LogP contribution is -2.46. The molecule has 0 amide bonds. The van der Waals surface area contributed by atoms with Gasteiger partial charge < -0.3 is 15.8 Å². The Hall–Kier alpha value is -1.59. The monoisotopic (exact) mass is 448 g/mol. The summed E-state index contributed by atoms with van der Waals surface area (Å²) in [5.41, 5.74) is 5.44. The molecule has 2 unspecified atom stereocenters. The van der Waals surface area contributed by atoms with E-state index in [0.29, 0.717) is 0 Å². The molecule has 7 nitrogen and oxygen atoms in total. The molecule has 3 N–H and O–H groups in total. The standard InChI is InChI=1S/C11H9FIN3O3.C4H9N/c12-8-6-7(16(17)18)2-3-9(8)19-11(13)4-1-5-15-10(11)14;1-2-4-5-3-1/h1-6,10H,14H2;5H,1-4H2. The number of hydrogen-bond acceptors (Lipinski definition) is 6. The zero-order chi connectivity index (χ0) is 17.6. The fourth-order valence-corrected chi connectivity index (χ4v) is 2.70. The van der Waals surface area contributed by atoms with E-state index >= 15 is 0 Å². The molecule has 0 aromatic heterocycles. The number of benzene rings is 1. The van der Waals surface area contributed by atoms with Crippen molar-refractivity contribution in [3.8, 4) is 5.75 Å². The number of non-ortho nitro benzene ring substituents is 1. The van der Waals surface area contributed by atoms with Crippen molar-refractivity contribution in [1.29, 1.82) is 0 Å². The van der Waals surface area contributed by atoms with E-state index in [-0.39, 0.29) is 11.4 Å². The summed E-state index contributed by atoms with van der Waals surface area (Å²) in [7, 11) is 0. The maximum Gasteiger partial charge on any atom is 0.272 e. The Morgan fingerprint density at radius 2 is 2.17 bits per heavy atom. The molecule has 24 heavy (non-hydrogen) atoms. The van der Waals surface area contributed by atoms with Gasteiger partial charge in [0.25, 0.3) is 5.69 Å². The summed E-state index contributed by atoms with van der Waals surface area (Å²) < 4.78 is 18.2. The van der Waals surface area contributed by atoms with Gasteiger partial charge in [-0.05, 0) is 66.7 Å². The Morgan fingerprint density at radius 3 is 2.67 bits per heavy atom. The van der Waals surface area contributed by atoms with Crippen molar-refractivity contribution >= 4 is 34.5 Å². The van der Waals surface area contributed by atoms with Crippen LogP contribution in [0.15, 0.2) is 35.3 Å². The van der Waals surface area contributed by atoms with Crippen molar-refractivity contribution in [2.45, 2.75) is 22.6 Å². The number of aliphatic imine (C=N–C) groups is 1. The van der Waals surface area contributed by atoms with Crippen LogP contribution in [0.4, 0.5) is 10.1 Å². The lowest BCUT2D eigenvalue weighted by molar-refractivity contribution is -0.385. The number of dihydropyridines is 1. The molecule has 0 saturated carbocycles. The highest BCUT2D eigenvalue weighted by Gasteiger charge is 2.35. The van der Waals surface area contributed by atoms with Gasteiger partial charge in [-0.1, -0.05) is 0 Å². The number of allylic oxidation sites excluding steroid dienone is 1. The molecule has 0 radical (unpaired) electrons. The summed E-state index contributed by atoms with van der Waals surface area (Å²) in [4.78, 5) is 13.8. The van der Waals surface area contributed by atoms with Crippen molar-refractivity contribution < 1.29 is 14.1 Å². The van der Waals surface area contributed by atoms with Crippen LogP contribution in [0, 0.1) is 15.9 Å². The number of nitrogens with zero attached hydrogens (tertiary/aromatic N) is 2. The van der Waals surface area contributed by atoms with Crippen molar-refractivity contribution in [2.75, 3.05) is 13.1 Å². The highest BCUT2D eigenvalue weighted by atomic mass is 127. The molecule has 1 saturated heterocycles. The fourth-order valence-electron chi connectivity index (χ4n) is 2.09. The van der Waals surface area contributed by atoms with E-state index in [1.807, 2.05) is 22.6 Å². The van der Waals surface area contributed by atoms with Gasteiger partial charge in [0, 0.05) is 12.3 Å². The van der Waals surface area contributed by atoms with E-state index in [4.69, 9.17) is 10.5 Å². The predicted octanol–water partition coefficient (Wildman–Crippen LogP) is 2.54. The van der Waals surface area contributed by atoms with Crippen LogP contribution in [0.25, 0.3) is 0 Å². The molecule has 9 heteroatoms. The Labute approximate surface area is 152 Å². The Morgan fingerprint density at radius 1 is 1.46 bits per heavy atom. The largest absolute Gasteiger partial charge is 0.466 e. The normalized spacial score (nSPS) is 25.0. The molecular weight excluding hydrogens is 430 g/mol. The molecule has 1 aromatic rings. The van der Waals surface area contributed by atoms with Gasteiger partial charge in [0.15, 0.2) is 17.7 Å². The van der Waals surface area contributed by atoms with Crippen molar-refractivity contribution in [2.24, 2.45) is 10.7 Å². The number of alkyl halides is 1. The number of hydrogen-bond donors (Lipinski definition) is 2. The first-order valence-corrected chi connectivity index (χ1v) is 8.49. The van der Waals surface area contributed by atoms with E-state index in [1.165, 1.54) is 44.3 Å². The molecule has 2 heterocycles. The SMILES string of the molecule is C1CCNC1.NC1N=CC=CC1(I)Oc1ccc([N+](=O)[O-])cc1F. The second kappa shape index (κ2) is 8.49. The number of nitro groups is 1. The molecular formula is C15H18FIN4O3. The summed E-state index contributed by atoms with van der Waals surface area (Å²) >= 11 is 1.91. The molecule has 1 fully saturated rings. The average molecular weight is 448 g/mol. The molecule has 2 aliphatic heterocycles. The molecule has 3 rings (SSSR count). The molecule has 2 atom stereocenters. The van der Waals surface area contributed by atoms with Crippen LogP contribution in [-0.2, 0) is 0 Å². The molecule has 2 aliphatic rings. The van der Waals surface area contributed by atoms with Gasteiger partial charge in [-0.15, -0.1) is 0 Å². The van der Waals surface area contributed by atoms with Crippen LogP contribution >= 0.6 is 22.6 Å². The van der Waals surface area contributed by atoms with Crippen molar-refractivity contribution in [1.82, 2.24) is 5.32 Å². The zero-order valence-electron chi connectivity index (χ0n) is 12.8. The van der Waals surface area contributed by atoms with Gasteiger partial charge in [0.1, 0.15) is 0 Å². The third-order valence-electron chi connectivity index (χ3n) is 3.41. The maximum atomic E-state index is 13.7. The molecule has 0 aliphatic carbocycles. The topological polar surface area (TPSA) is 103 Å². The quantitative estimate of drug-likeness (QED) is 0.320. The van der Waals surface area contributed by atoms with Gasteiger partial charge in [-0.3, -0.25) is 15.1 Å². The minimum atomic E-state index is -1.02. The van der Waals surface area contributed by atoms with Gasteiger partial charge in [0.2, 0.25) is 3.61 Å². The van der Waals surface area contributed by atoms with E-state index in [0.717, 1.165) is 6.07 Å². The summed E-state index contributed by atoms with van der Waals surface area (Å²) in [6, 6.07) is 3.17. The molecule has 130 valence electrons. The number of nitrogens with one attached hydrogen (secondary N) is 1. The summed E-state index contributed by atoms with van der Waals surface area (Å²) in [5, 5.41) is 13.7. The van der Waals surface area contributed by atoms with Crippen LogP contribution in [0.3, 0.4) is 0 Å². The van der Waals surface area contributed by atoms with E-state index in [1.54, 1.807) is 12.2 Å². The van der Waals surface area contributed by atoms with Crippen LogP contribution in [0.5, 0.6) is 5.75 Å². The van der Waals surface area contributed by atoms with Crippen LogP contribution in [0.2, 0.25) is 0 Å². The minimum Gasteiger partial charge on any atom is -0.466 e. The Kier molecular flexibility index (Phi) is 6.63. The highest BCUT2D eigenvalue weighted by Crippen LogP contribution is 2.33. The second-order valence-electron chi connectivity index (χ2n) is 5.23. The van der Waals surface area contributed by atoms with Crippen LogP contribution < -0.4 is 15.8 Å². The lowest BCUT2D eigenvalue weighted by Gasteiger charge is -2.30. The van der Waals surface area contributed by atoms with Gasteiger partial charge in [0.05, 0.1) is 11.0 Å². The van der Waals surface area contributed by atoms with E-state index in [9.17, 15) is 14.5 Å². The minimum absolute atomic E-state index is 0.114. The van der Waals surface area contributed by atoms with Gasteiger partial charge >= 0.3 is 0 Å². The fraction of sp³-hybridized carbons (Fsp3) is 0.400. The van der Waals surface area contributed by atoms with E-state index < -0.39 is 20.5 Å². The van der Waals surface area contributed by atoms with Crippen LogP contribution in [-0.4, -0.2) is 34.0 Å². The number of nitrogens with two attached hydrogens (primary N) is 1. The maximum absolute atomic E-state index is 13.7. The first-order chi connectivity index (χ1) is 11.4. The number of halogens is 2. The predicted molar refractivity (Wildman–Crippen MR) is 98.1 cm³/mol. The van der Waals surface area contributed by atoms with Crippen LogP contribution in [0.1, 0.15) is 12.8 Å².